The Labute approximate surface area is 43.8 Å². The molecule has 0 radical (unpaired) electrons. The SMILES string of the molecule is CC(N)=NN(C)C. The Kier molecular flexibility index (Phi) is 2.19. The minimum absolute atomic E-state index is 0.588. The van der Waals surface area contributed by atoms with Gasteiger partial charge in [0.2, 0.25) is 0 Å². The molecule has 0 amide bonds. The number of hydrazone groups is 1. The first kappa shape index (κ1) is 6.27. The molecule has 0 aromatic rings. The van der Waals surface area contributed by atoms with Crippen LogP contribution >= 0.6 is 0 Å². The first-order valence-electron chi connectivity index (χ1n) is 2.11. The molecule has 0 saturated heterocycles. The van der Waals surface area contributed by atoms with Crippen molar-refractivity contribution in [1.82, 2.24) is 5.01 Å². The van der Waals surface area contributed by atoms with Crippen molar-refractivity contribution in [2.75, 3.05) is 14.1 Å². The van der Waals surface area contributed by atoms with Gasteiger partial charge >= 0.3 is 0 Å². The van der Waals surface area contributed by atoms with Crippen molar-refractivity contribution in [2.45, 2.75) is 6.92 Å². The third-order valence-electron chi connectivity index (χ3n) is 0.358. The van der Waals surface area contributed by atoms with Gasteiger partial charge in [-0.3, -0.25) is 0 Å². The normalized spacial score (nSPS) is 11.6. The summed E-state index contributed by atoms with van der Waals surface area (Å²) in [5, 5.41) is 5.47. The lowest BCUT2D eigenvalue weighted by molar-refractivity contribution is 0.437. The topological polar surface area (TPSA) is 41.6 Å². The first-order chi connectivity index (χ1) is 3.13. The molecule has 0 aliphatic heterocycles. The highest BCUT2D eigenvalue weighted by atomic mass is 15.4. The van der Waals surface area contributed by atoms with Gasteiger partial charge in [0.05, 0.1) is 0 Å². The molecule has 0 unspecified atom stereocenters. The summed E-state index contributed by atoms with van der Waals surface area (Å²) in [4.78, 5) is 0. The summed E-state index contributed by atoms with van der Waals surface area (Å²) in [5.74, 6) is 0.588. The number of rotatable bonds is 1. The highest BCUT2D eigenvalue weighted by molar-refractivity contribution is 5.76. The van der Waals surface area contributed by atoms with Crippen molar-refractivity contribution >= 4 is 5.84 Å². The third kappa shape index (κ3) is 5.27. The van der Waals surface area contributed by atoms with Gasteiger partial charge in [0.25, 0.3) is 0 Å². The maximum Gasteiger partial charge on any atom is 0.116 e. The van der Waals surface area contributed by atoms with Crippen molar-refractivity contribution in [3.63, 3.8) is 0 Å². The molecule has 2 N–H and O–H groups in total. The molecular weight excluding hydrogens is 90.1 g/mol. The van der Waals surface area contributed by atoms with Crippen LogP contribution in [0.1, 0.15) is 6.92 Å². The molecule has 0 heterocycles. The molecule has 0 fully saturated rings. The van der Waals surface area contributed by atoms with Gasteiger partial charge < -0.3 is 10.7 Å². The van der Waals surface area contributed by atoms with Crippen LogP contribution in [0.15, 0.2) is 5.10 Å². The van der Waals surface area contributed by atoms with Gasteiger partial charge in [-0.15, -0.1) is 0 Å². The lowest BCUT2D eigenvalue weighted by atomic mass is 10.7. The van der Waals surface area contributed by atoms with Gasteiger partial charge in [0.15, 0.2) is 0 Å². The molecule has 0 bridgehead atoms. The second-order valence-corrected chi connectivity index (χ2v) is 1.59. The van der Waals surface area contributed by atoms with E-state index in [0.717, 1.165) is 0 Å². The summed E-state index contributed by atoms with van der Waals surface area (Å²) in [6.07, 6.45) is 0. The minimum atomic E-state index is 0.588. The quantitative estimate of drug-likeness (QED) is 0.283. The molecule has 0 spiro atoms. The standard InChI is InChI=1S/C4H11N3/c1-4(5)6-7(2)3/h1-3H3,(H2,5,6). The zero-order chi connectivity index (χ0) is 5.86. The van der Waals surface area contributed by atoms with E-state index in [9.17, 15) is 0 Å². The molecule has 0 aliphatic carbocycles. The highest BCUT2D eigenvalue weighted by Crippen LogP contribution is 1.71. The van der Waals surface area contributed by atoms with Crippen molar-refractivity contribution in [2.24, 2.45) is 10.8 Å². The van der Waals surface area contributed by atoms with Crippen LogP contribution in [0, 0.1) is 0 Å². The number of hydrogen-bond donors (Lipinski definition) is 1. The zero-order valence-corrected chi connectivity index (χ0v) is 4.97. The van der Waals surface area contributed by atoms with E-state index in [1.807, 2.05) is 14.1 Å². The lowest BCUT2D eigenvalue weighted by Crippen LogP contribution is -2.12. The lowest BCUT2D eigenvalue weighted by Gasteiger charge is -2.02. The molecule has 3 nitrogen and oxygen atoms in total. The fourth-order valence-electron chi connectivity index (χ4n) is 0.315. The van der Waals surface area contributed by atoms with E-state index in [1.54, 1.807) is 11.9 Å². The van der Waals surface area contributed by atoms with Crippen LogP contribution in [0.3, 0.4) is 0 Å². The summed E-state index contributed by atoms with van der Waals surface area (Å²) in [5.41, 5.74) is 5.20. The molecule has 7 heavy (non-hydrogen) atoms. The Morgan fingerprint density at radius 1 is 1.57 bits per heavy atom. The van der Waals surface area contributed by atoms with E-state index in [-0.39, 0.29) is 0 Å². The predicted octanol–water partition coefficient (Wildman–Crippen LogP) is -0.160. The first-order valence-corrected chi connectivity index (χ1v) is 2.11. The maximum atomic E-state index is 5.20. The van der Waals surface area contributed by atoms with Crippen LogP contribution in [0.2, 0.25) is 0 Å². The Balaban J connectivity index is 3.45. The Morgan fingerprint density at radius 2 is 2.00 bits per heavy atom. The second-order valence-electron chi connectivity index (χ2n) is 1.59. The Bertz CT molecular complexity index is 71.0. The molecule has 0 aromatic heterocycles. The largest absolute Gasteiger partial charge is 0.386 e. The molecular formula is C4H11N3. The number of nitrogens with two attached hydrogens (primary N) is 1. The highest BCUT2D eigenvalue weighted by Gasteiger charge is 1.76. The average molecular weight is 101 g/mol. The smallest absolute Gasteiger partial charge is 0.116 e. The van der Waals surface area contributed by atoms with Crippen molar-refractivity contribution in [3.8, 4) is 0 Å². The maximum absolute atomic E-state index is 5.20. The summed E-state index contributed by atoms with van der Waals surface area (Å²) in [7, 11) is 3.66. The summed E-state index contributed by atoms with van der Waals surface area (Å²) >= 11 is 0. The minimum Gasteiger partial charge on any atom is -0.386 e. The molecule has 42 valence electrons. The number of hydrogen-bond acceptors (Lipinski definition) is 2. The van der Waals surface area contributed by atoms with Crippen LogP contribution in [0.4, 0.5) is 0 Å². The molecule has 0 saturated carbocycles. The van der Waals surface area contributed by atoms with E-state index in [2.05, 4.69) is 5.10 Å². The van der Waals surface area contributed by atoms with Crippen LogP contribution in [0.25, 0.3) is 0 Å². The third-order valence-corrected chi connectivity index (χ3v) is 0.358. The van der Waals surface area contributed by atoms with E-state index >= 15 is 0 Å². The van der Waals surface area contributed by atoms with E-state index in [4.69, 9.17) is 5.73 Å². The number of nitrogens with zero attached hydrogens (tertiary/aromatic N) is 2. The van der Waals surface area contributed by atoms with E-state index in [0.29, 0.717) is 5.84 Å². The summed E-state index contributed by atoms with van der Waals surface area (Å²) in [6, 6.07) is 0. The Morgan fingerprint density at radius 3 is 2.00 bits per heavy atom. The molecule has 0 aromatic carbocycles. The molecule has 0 rings (SSSR count). The predicted molar refractivity (Wildman–Crippen MR) is 31.0 cm³/mol. The van der Waals surface area contributed by atoms with E-state index < -0.39 is 0 Å². The van der Waals surface area contributed by atoms with Gasteiger partial charge in [-0.2, -0.15) is 5.10 Å². The Hall–Kier alpha value is -0.730. The fourth-order valence-corrected chi connectivity index (χ4v) is 0.315. The summed E-state index contributed by atoms with van der Waals surface area (Å²) in [6.45, 7) is 1.75. The van der Waals surface area contributed by atoms with Gasteiger partial charge in [0.1, 0.15) is 5.84 Å². The van der Waals surface area contributed by atoms with Crippen LogP contribution < -0.4 is 5.73 Å². The molecule has 0 aliphatic rings. The van der Waals surface area contributed by atoms with Crippen molar-refractivity contribution < 1.29 is 0 Å². The fraction of sp³-hybridized carbons (Fsp3) is 0.750. The van der Waals surface area contributed by atoms with Gasteiger partial charge in [-0.1, -0.05) is 0 Å². The van der Waals surface area contributed by atoms with Crippen molar-refractivity contribution in [3.05, 3.63) is 0 Å². The van der Waals surface area contributed by atoms with Crippen LogP contribution in [-0.2, 0) is 0 Å². The summed E-state index contributed by atoms with van der Waals surface area (Å²) < 4.78 is 0. The molecule has 3 heteroatoms. The molecule has 0 atom stereocenters. The van der Waals surface area contributed by atoms with Crippen LogP contribution in [0.5, 0.6) is 0 Å². The van der Waals surface area contributed by atoms with Gasteiger partial charge in [-0.05, 0) is 6.92 Å². The number of amidine groups is 1. The zero-order valence-electron chi connectivity index (χ0n) is 4.97. The van der Waals surface area contributed by atoms with Crippen LogP contribution in [-0.4, -0.2) is 24.9 Å². The second kappa shape index (κ2) is 2.44. The van der Waals surface area contributed by atoms with Gasteiger partial charge in [0, 0.05) is 14.1 Å². The average Bonchev–Trinajstić information content (AvgIpc) is 1.27. The van der Waals surface area contributed by atoms with Gasteiger partial charge in [-0.25, -0.2) is 0 Å². The van der Waals surface area contributed by atoms with Crippen molar-refractivity contribution in [1.29, 1.82) is 0 Å². The van der Waals surface area contributed by atoms with E-state index in [1.165, 1.54) is 0 Å². The monoisotopic (exact) mass is 101 g/mol.